The van der Waals surface area contributed by atoms with Gasteiger partial charge in [0.05, 0.1) is 11.4 Å². The third-order valence-electron chi connectivity index (χ3n) is 1.95. The summed E-state index contributed by atoms with van der Waals surface area (Å²) in [5.41, 5.74) is 11.1. The Morgan fingerprint density at radius 3 is 2.57 bits per heavy atom. The minimum absolute atomic E-state index is 0.0652. The van der Waals surface area contributed by atoms with Gasteiger partial charge in [0.1, 0.15) is 0 Å². The van der Waals surface area contributed by atoms with Gasteiger partial charge in [-0.15, -0.1) is 0 Å². The predicted octanol–water partition coefficient (Wildman–Crippen LogP) is 0.942. The van der Waals surface area contributed by atoms with E-state index in [-0.39, 0.29) is 11.4 Å². The van der Waals surface area contributed by atoms with E-state index >= 15 is 0 Å². The van der Waals surface area contributed by atoms with Crippen molar-refractivity contribution in [3.8, 4) is 0 Å². The number of nitrogens with two attached hydrogens (primary N) is 2. The average molecular weight is 201 g/mol. The molecule has 0 saturated carbocycles. The van der Waals surface area contributed by atoms with Gasteiger partial charge < -0.3 is 16.4 Å². The van der Waals surface area contributed by atoms with Crippen molar-refractivity contribution in [2.75, 3.05) is 30.8 Å². The molecule has 0 saturated heterocycles. The standard InChI is InChI=1S/C9H13F2N3/c1-14(5-4-12)9-7(13)3-2-6(10)8(9)11/h2-3H,4-5,12-13H2,1H3. The predicted molar refractivity (Wildman–Crippen MR) is 53.1 cm³/mol. The molecular formula is C9H13F2N3. The second-order valence-electron chi connectivity index (χ2n) is 3.01. The summed E-state index contributed by atoms with van der Waals surface area (Å²) in [5, 5.41) is 0. The number of halogens is 2. The van der Waals surface area contributed by atoms with Crippen molar-refractivity contribution in [1.82, 2.24) is 0 Å². The Labute approximate surface area is 81.3 Å². The molecule has 0 bridgehead atoms. The van der Waals surface area contributed by atoms with Gasteiger partial charge >= 0.3 is 0 Å². The molecular weight excluding hydrogens is 188 g/mol. The maximum Gasteiger partial charge on any atom is 0.184 e. The highest BCUT2D eigenvalue weighted by Gasteiger charge is 2.14. The molecule has 0 heterocycles. The molecule has 4 N–H and O–H groups in total. The van der Waals surface area contributed by atoms with Crippen molar-refractivity contribution in [1.29, 1.82) is 0 Å². The highest BCUT2D eigenvalue weighted by atomic mass is 19.2. The van der Waals surface area contributed by atoms with E-state index in [0.717, 1.165) is 6.07 Å². The van der Waals surface area contributed by atoms with Crippen LogP contribution in [0, 0.1) is 11.6 Å². The molecule has 0 atom stereocenters. The Kier molecular flexibility index (Phi) is 3.24. The minimum atomic E-state index is -0.930. The Morgan fingerprint density at radius 2 is 2.00 bits per heavy atom. The smallest absolute Gasteiger partial charge is 0.184 e. The molecule has 0 spiro atoms. The van der Waals surface area contributed by atoms with Crippen LogP contribution < -0.4 is 16.4 Å². The van der Waals surface area contributed by atoms with Gasteiger partial charge in [0, 0.05) is 20.1 Å². The maximum atomic E-state index is 13.3. The molecule has 78 valence electrons. The van der Waals surface area contributed by atoms with E-state index in [1.54, 1.807) is 7.05 Å². The molecule has 0 aliphatic heterocycles. The van der Waals surface area contributed by atoms with Gasteiger partial charge in [-0.2, -0.15) is 0 Å². The van der Waals surface area contributed by atoms with Crippen LogP contribution in [0.1, 0.15) is 0 Å². The number of hydrogen-bond acceptors (Lipinski definition) is 3. The first-order valence-electron chi connectivity index (χ1n) is 4.22. The fraction of sp³-hybridized carbons (Fsp3) is 0.333. The summed E-state index contributed by atoms with van der Waals surface area (Å²) in [4.78, 5) is 1.49. The first-order chi connectivity index (χ1) is 6.57. The highest BCUT2D eigenvalue weighted by molar-refractivity contribution is 5.68. The normalized spacial score (nSPS) is 10.3. The molecule has 0 aliphatic rings. The highest BCUT2D eigenvalue weighted by Crippen LogP contribution is 2.27. The number of anilines is 2. The van der Waals surface area contributed by atoms with E-state index in [4.69, 9.17) is 11.5 Å². The van der Waals surface area contributed by atoms with Crippen LogP contribution in [-0.2, 0) is 0 Å². The quantitative estimate of drug-likeness (QED) is 0.716. The maximum absolute atomic E-state index is 13.3. The average Bonchev–Trinajstić information content (AvgIpc) is 2.13. The minimum Gasteiger partial charge on any atom is -0.397 e. The molecule has 0 amide bonds. The Bertz CT molecular complexity index is 328. The van der Waals surface area contributed by atoms with Crippen molar-refractivity contribution in [2.24, 2.45) is 5.73 Å². The van der Waals surface area contributed by atoms with E-state index in [9.17, 15) is 8.78 Å². The molecule has 1 aromatic rings. The fourth-order valence-corrected chi connectivity index (χ4v) is 1.25. The molecule has 0 unspecified atom stereocenters. The van der Waals surface area contributed by atoms with Crippen LogP contribution >= 0.6 is 0 Å². The largest absolute Gasteiger partial charge is 0.397 e. The summed E-state index contributed by atoms with van der Waals surface area (Å²) in [6.45, 7) is 0.774. The van der Waals surface area contributed by atoms with E-state index in [1.807, 2.05) is 0 Å². The van der Waals surface area contributed by atoms with Crippen LogP contribution in [0.2, 0.25) is 0 Å². The molecule has 1 aromatic carbocycles. The Morgan fingerprint density at radius 1 is 1.36 bits per heavy atom. The van der Waals surface area contributed by atoms with Gasteiger partial charge in [0.2, 0.25) is 0 Å². The van der Waals surface area contributed by atoms with Crippen LogP contribution in [-0.4, -0.2) is 20.1 Å². The zero-order chi connectivity index (χ0) is 10.7. The molecule has 1 rings (SSSR count). The molecule has 0 aromatic heterocycles. The SMILES string of the molecule is CN(CCN)c1c(N)ccc(F)c1F. The lowest BCUT2D eigenvalue weighted by Crippen LogP contribution is -2.26. The van der Waals surface area contributed by atoms with Crippen molar-refractivity contribution < 1.29 is 8.78 Å². The summed E-state index contributed by atoms with van der Waals surface area (Å²) in [6.07, 6.45) is 0. The fourth-order valence-electron chi connectivity index (χ4n) is 1.25. The van der Waals surface area contributed by atoms with E-state index in [2.05, 4.69) is 0 Å². The summed E-state index contributed by atoms with van der Waals surface area (Å²) in [6, 6.07) is 2.34. The van der Waals surface area contributed by atoms with Crippen LogP contribution in [0.25, 0.3) is 0 Å². The lowest BCUT2D eigenvalue weighted by atomic mass is 10.2. The van der Waals surface area contributed by atoms with E-state index < -0.39 is 11.6 Å². The topological polar surface area (TPSA) is 55.3 Å². The number of nitrogens with zero attached hydrogens (tertiary/aromatic N) is 1. The van der Waals surface area contributed by atoms with Crippen molar-refractivity contribution in [3.63, 3.8) is 0 Å². The summed E-state index contributed by atoms with van der Waals surface area (Å²) in [7, 11) is 1.61. The third kappa shape index (κ3) is 1.93. The van der Waals surface area contributed by atoms with Crippen LogP contribution in [0.15, 0.2) is 12.1 Å². The molecule has 5 heteroatoms. The first-order valence-corrected chi connectivity index (χ1v) is 4.22. The van der Waals surface area contributed by atoms with Crippen LogP contribution in [0.3, 0.4) is 0 Å². The van der Waals surface area contributed by atoms with E-state index in [0.29, 0.717) is 13.1 Å². The zero-order valence-electron chi connectivity index (χ0n) is 7.93. The number of hydrogen-bond donors (Lipinski definition) is 2. The molecule has 0 aliphatic carbocycles. The lowest BCUT2D eigenvalue weighted by molar-refractivity contribution is 0.508. The van der Waals surface area contributed by atoms with Gasteiger partial charge in [-0.3, -0.25) is 0 Å². The first kappa shape index (κ1) is 10.7. The van der Waals surface area contributed by atoms with Gasteiger partial charge in [0.15, 0.2) is 11.6 Å². The molecule has 3 nitrogen and oxygen atoms in total. The van der Waals surface area contributed by atoms with Gasteiger partial charge in [0.25, 0.3) is 0 Å². The second-order valence-corrected chi connectivity index (χ2v) is 3.01. The van der Waals surface area contributed by atoms with Crippen molar-refractivity contribution in [3.05, 3.63) is 23.8 Å². The van der Waals surface area contributed by atoms with Crippen LogP contribution in [0.4, 0.5) is 20.2 Å². The monoisotopic (exact) mass is 201 g/mol. The van der Waals surface area contributed by atoms with Gasteiger partial charge in [-0.1, -0.05) is 0 Å². The number of rotatable bonds is 3. The Hall–Kier alpha value is -1.36. The number of likely N-dealkylation sites (N-methyl/N-ethyl adjacent to an activating group) is 1. The van der Waals surface area contributed by atoms with E-state index in [1.165, 1.54) is 11.0 Å². The van der Waals surface area contributed by atoms with Gasteiger partial charge in [-0.05, 0) is 12.1 Å². The molecule has 14 heavy (non-hydrogen) atoms. The lowest BCUT2D eigenvalue weighted by Gasteiger charge is -2.20. The van der Waals surface area contributed by atoms with Gasteiger partial charge in [-0.25, -0.2) is 8.78 Å². The van der Waals surface area contributed by atoms with Crippen molar-refractivity contribution >= 4 is 11.4 Å². The number of nitrogen functional groups attached to an aromatic ring is 1. The summed E-state index contributed by atoms with van der Waals surface area (Å²) >= 11 is 0. The second kappa shape index (κ2) is 4.23. The molecule has 0 fully saturated rings. The Balaban J connectivity index is 3.11. The van der Waals surface area contributed by atoms with Crippen LogP contribution in [0.5, 0.6) is 0 Å². The summed E-state index contributed by atoms with van der Waals surface area (Å²) in [5.74, 6) is -1.83. The molecule has 0 radical (unpaired) electrons. The summed E-state index contributed by atoms with van der Waals surface area (Å²) < 4.78 is 26.2. The number of benzene rings is 1. The zero-order valence-corrected chi connectivity index (χ0v) is 7.93. The van der Waals surface area contributed by atoms with Crippen molar-refractivity contribution in [2.45, 2.75) is 0 Å². The third-order valence-corrected chi connectivity index (χ3v) is 1.95.